The van der Waals surface area contributed by atoms with Crippen molar-refractivity contribution in [3.8, 4) is 11.5 Å². The summed E-state index contributed by atoms with van der Waals surface area (Å²) in [6, 6.07) is 9.86. The van der Waals surface area contributed by atoms with Crippen molar-refractivity contribution in [3.05, 3.63) is 60.2 Å². The standard InChI is InChI=1S/C19H24N6O.HI/c1-20-19(21-10-6-7-15-11-23-25(2)13-15)22-12-17-14-26-18(24-17)16-8-4-3-5-9-16;/h3-5,8-9,11,13-14H,6-7,10,12H2,1-2H3,(H2,20,21,22);1H. The molecular formula is C19H25IN6O. The van der Waals surface area contributed by atoms with Gasteiger partial charge < -0.3 is 15.1 Å². The molecule has 3 aromatic rings. The molecule has 2 heterocycles. The molecule has 0 aliphatic heterocycles. The summed E-state index contributed by atoms with van der Waals surface area (Å²) in [5.74, 6) is 1.38. The topological polar surface area (TPSA) is 80.3 Å². The van der Waals surface area contributed by atoms with Crippen LogP contribution in [0.4, 0.5) is 0 Å². The summed E-state index contributed by atoms with van der Waals surface area (Å²) in [7, 11) is 3.69. The van der Waals surface area contributed by atoms with Crippen LogP contribution in [0.2, 0.25) is 0 Å². The first-order valence-electron chi connectivity index (χ1n) is 8.66. The monoisotopic (exact) mass is 480 g/mol. The number of hydrogen-bond donors (Lipinski definition) is 2. The van der Waals surface area contributed by atoms with E-state index >= 15 is 0 Å². The summed E-state index contributed by atoms with van der Waals surface area (Å²) < 4.78 is 7.37. The zero-order chi connectivity index (χ0) is 18.2. The quantitative estimate of drug-likeness (QED) is 0.235. The van der Waals surface area contributed by atoms with Crippen molar-refractivity contribution in [2.24, 2.45) is 12.0 Å². The van der Waals surface area contributed by atoms with E-state index in [-0.39, 0.29) is 24.0 Å². The van der Waals surface area contributed by atoms with Crippen LogP contribution in [-0.2, 0) is 20.0 Å². The van der Waals surface area contributed by atoms with Gasteiger partial charge in [0.05, 0.1) is 18.4 Å². The minimum atomic E-state index is 0. The number of nitrogens with zero attached hydrogens (tertiary/aromatic N) is 4. The van der Waals surface area contributed by atoms with Gasteiger partial charge in [0.2, 0.25) is 5.89 Å². The molecule has 2 N–H and O–H groups in total. The molecule has 1 aromatic carbocycles. The highest BCUT2D eigenvalue weighted by Gasteiger charge is 2.07. The van der Waals surface area contributed by atoms with Crippen LogP contribution in [0.3, 0.4) is 0 Å². The van der Waals surface area contributed by atoms with Gasteiger partial charge in [-0.1, -0.05) is 18.2 Å². The van der Waals surface area contributed by atoms with Crippen molar-refractivity contribution in [2.75, 3.05) is 13.6 Å². The predicted molar refractivity (Wildman–Crippen MR) is 117 cm³/mol. The number of oxazole rings is 1. The van der Waals surface area contributed by atoms with E-state index in [2.05, 4.69) is 25.7 Å². The number of guanidine groups is 1. The molecule has 0 bridgehead atoms. The molecule has 144 valence electrons. The molecule has 0 spiro atoms. The van der Waals surface area contributed by atoms with E-state index in [9.17, 15) is 0 Å². The minimum absolute atomic E-state index is 0. The molecule has 3 rings (SSSR count). The van der Waals surface area contributed by atoms with Crippen molar-refractivity contribution in [3.63, 3.8) is 0 Å². The molecular weight excluding hydrogens is 455 g/mol. The first kappa shape index (κ1) is 20.9. The Kier molecular flexibility index (Phi) is 8.31. The third-order valence-corrected chi connectivity index (χ3v) is 3.93. The number of aliphatic imine (C=N–C) groups is 1. The summed E-state index contributed by atoms with van der Waals surface area (Å²) in [6.45, 7) is 1.39. The van der Waals surface area contributed by atoms with Gasteiger partial charge in [0, 0.05) is 32.4 Å². The number of aromatic nitrogens is 3. The number of nitrogens with one attached hydrogen (secondary N) is 2. The van der Waals surface area contributed by atoms with Gasteiger partial charge in [0.1, 0.15) is 6.26 Å². The maximum Gasteiger partial charge on any atom is 0.226 e. The number of rotatable bonds is 7. The molecule has 0 amide bonds. The summed E-state index contributed by atoms with van der Waals surface area (Å²) in [5, 5.41) is 10.7. The van der Waals surface area contributed by atoms with Crippen LogP contribution in [0.25, 0.3) is 11.5 Å². The average molecular weight is 480 g/mol. The second kappa shape index (κ2) is 10.7. The lowest BCUT2D eigenvalue weighted by Crippen LogP contribution is -2.37. The molecule has 7 nitrogen and oxygen atoms in total. The van der Waals surface area contributed by atoms with Gasteiger partial charge in [0.25, 0.3) is 0 Å². The molecule has 0 saturated heterocycles. The normalized spacial score (nSPS) is 11.1. The Morgan fingerprint density at radius 1 is 1.22 bits per heavy atom. The molecule has 0 atom stereocenters. The molecule has 0 aliphatic rings. The van der Waals surface area contributed by atoms with Crippen molar-refractivity contribution in [1.82, 2.24) is 25.4 Å². The van der Waals surface area contributed by atoms with Crippen LogP contribution in [0.1, 0.15) is 17.7 Å². The van der Waals surface area contributed by atoms with E-state index in [0.717, 1.165) is 36.6 Å². The van der Waals surface area contributed by atoms with Gasteiger partial charge in [0.15, 0.2) is 5.96 Å². The Hall–Kier alpha value is -2.36. The second-order valence-electron chi connectivity index (χ2n) is 5.99. The predicted octanol–water partition coefficient (Wildman–Crippen LogP) is 2.99. The van der Waals surface area contributed by atoms with E-state index in [0.29, 0.717) is 12.4 Å². The summed E-state index contributed by atoms with van der Waals surface area (Å²) >= 11 is 0. The average Bonchev–Trinajstić information content (AvgIpc) is 3.31. The lowest BCUT2D eigenvalue weighted by Gasteiger charge is -2.10. The van der Waals surface area contributed by atoms with Gasteiger partial charge in [-0.2, -0.15) is 5.10 Å². The van der Waals surface area contributed by atoms with E-state index in [4.69, 9.17) is 4.42 Å². The Bertz CT molecular complexity index is 843. The maximum absolute atomic E-state index is 5.55. The molecule has 0 aliphatic carbocycles. The highest BCUT2D eigenvalue weighted by atomic mass is 127. The van der Waals surface area contributed by atoms with E-state index < -0.39 is 0 Å². The Morgan fingerprint density at radius 2 is 2.04 bits per heavy atom. The number of benzene rings is 1. The fourth-order valence-electron chi connectivity index (χ4n) is 2.60. The van der Waals surface area contributed by atoms with Crippen LogP contribution in [-0.4, -0.2) is 34.3 Å². The van der Waals surface area contributed by atoms with Gasteiger partial charge in [-0.3, -0.25) is 9.67 Å². The van der Waals surface area contributed by atoms with E-state index in [1.807, 2.05) is 54.5 Å². The van der Waals surface area contributed by atoms with Crippen LogP contribution in [0, 0.1) is 0 Å². The zero-order valence-electron chi connectivity index (χ0n) is 15.6. The lowest BCUT2D eigenvalue weighted by atomic mass is 10.2. The van der Waals surface area contributed by atoms with Crippen molar-refractivity contribution < 1.29 is 4.42 Å². The molecule has 0 radical (unpaired) electrons. The first-order chi connectivity index (χ1) is 12.7. The van der Waals surface area contributed by atoms with E-state index in [1.54, 1.807) is 13.3 Å². The van der Waals surface area contributed by atoms with Crippen LogP contribution < -0.4 is 10.6 Å². The summed E-state index contributed by atoms with van der Waals surface area (Å²) in [4.78, 5) is 8.74. The fraction of sp³-hybridized carbons (Fsp3) is 0.316. The second-order valence-corrected chi connectivity index (χ2v) is 5.99. The fourth-order valence-corrected chi connectivity index (χ4v) is 2.60. The molecule has 0 unspecified atom stereocenters. The highest BCUT2D eigenvalue weighted by Crippen LogP contribution is 2.17. The molecule has 27 heavy (non-hydrogen) atoms. The summed E-state index contributed by atoms with van der Waals surface area (Å²) in [6.07, 6.45) is 7.62. The van der Waals surface area contributed by atoms with Gasteiger partial charge >= 0.3 is 0 Å². The van der Waals surface area contributed by atoms with Crippen molar-refractivity contribution >= 4 is 29.9 Å². The SMILES string of the molecule is CN=C(NCCCc1cnn(C)c1)NCc1coc(-c2ccccc2)n1.I. The Balaban J connectivity index is 0.00000261. The molecule has 2 aromatic heterocycles. The number of halogens is 1. The minimum Gasteiger partial charge on any atom is -0.444 e. The summed E-state index contributed by atoms with van der Waals surface area (Å²) in [5.41, 5.74) is 3.05. The zero-order valence-corrected chi connectivity index (χ0v) is 17.9. The largest absolute Gasteiger partial charge is 0.444 e. The lowest BCUT2D eigenvalue weighted by molar-refractivity contribution is 0.572. The van der Waals surface area contributed by atoms with Gasteiger partial charge in [-0.25, -0.2) is 4.98 Å². The number of hydrogen-bond acceptors (Lipinski definition) is 4. The van der Waals surface area contributed by atoms with Crippen LogP contribution in [0.15, 0.2) is 58.4 Å². The van der Waals surface area contributed by atoms with Gasteiger partial charge in [-0.15, -0.1) is 24.0 Å². The first-order valence-corrected chi connectivity index (χ1v) is 8.66. The molecule has 8 heteroatoms. The Labute approximate surface area is 176 Å². The third-order valence-electron chi connectivity index (χ3n) is 3.93. The van der Waals surface area contributed by atoms with Crippen molar-refractivity contribution in [1.29, 1.82) is 0 Å². The molecule has 0 saturated carbocycles. The highest BCUT2D eigenvalue weighted by molar-refractivity contribution is 14.0. The number of aryl methyl sites for hydroxylation is 2. The maximum atomic E-state index is 5.55. The Morgan fingerprint density at radius 3 is 2.74 bits per heavy atom. The molecule has 0 fully saturated rings. The van der Waals surface area contributed by atoms with Crippen LogP contribution >= 0.6 is 24.0 Å². The smallest absolute Gasteiger partial charge is 0.226 e. The van der Waals surface area contributed by atoms with Gasteiger partial charge in [-0.05, 0) is 30.5 Å². The van der Waals surface area contributed by atoms with Crippen molar-refractivity contribution in [2.45, 2.75) is 19.4 Å². The third kappa shape index (κ3) is 6.38. The van der Waals surface area contributed by atoms with Crippen LogP contribution in [0.5, 0.6) is 0 Å². The van der Waals surface area contributed by atoms with E-state index in [1.165, 1.54) is 5.56 Å².